The molecule has 1 aliphatic carbocycles. The molecule has 2 aliphatic rings. The molecule has 0 radical (unpaired) electrons. The first-order chi connectivity index (χ1) is 11.6. The Morgan fingerprint density at radius 1 is 1.08 bits per heavy atom. The van der Waals surface area contributed by atoms with Gasteiger partial charge in [0.25, 0.3) is 0 Å². The van der Waals surface area contributed by atoms with Crippen LogP contribution in [0.4, 0.5) is 0 Å². The standard InChI is InChI=1S/C20H28N2O2/c1-15-9-11-16(12-10-15)14-22(20(24)17-6-2-3-7-17)18-8-4-5-13-21-19(18)23/h9-12,17-18H,2-8,13-14H2,1H3,(H,21,23). The summed E-state index contributed by atoms with van der Waals surface area (Å²) in [5.41, 5.74) is 2.31. The summed E-state index contributed by atoms with van der Waals surface area (Å²) in [5, 5.41) is 2.98. The first-order valence-electron chi connectivity index (χ1n) is 9.29. The van der Waals surface area contributed by atoms with E-state index in [2.05, 4.69) is 36.5 Å². The fraction of sp³-hybridized carbons (Fsp3) is 0.600. The van der Waals surface area contributed by atoms with Gasteiger partial charge in [-0.3, -0.25) is 9.59 Å². The minimum Gasteiger partial charge on any atom is -0.354 e. The van der Waals surface area contributed by atoms with Gasteiger partial charge in [-0.05, 0) is 44.6 Å². The molecule has 1 saturated heterocycles. The molecule has 4 heteroatoms. The molecule has 2 fully saturated rings. The predicted octanol–water partition coefficient (Wildman–Crippen LogP) is 3.18. The van der Waals surface area contributed by atoms with Crippen LogP contribution in [0.15, 0.2) is 24.3 Å². The molecule has 1 heterocycles. The zero-order valence-corrected chi connectivity index (χ0v) is 14.6. The monoisotopic (exact) mass is 328 g/mol. The Balaban J connectivity index is 1.82. The molecule has 0 aromatic heterocycles. The summed E-state index contributed by atoms with van der Waals surface area (Å²) in [6.45, 7) is 3.32. The van der Waals surface area contributed by atoms with Crippen molar-refractivity contribution in [3.8, 4) is 0 Å². The van der Waals surface area contributed by atoms with Gasteiger partial charge in [0.2, 0.25) is 11.8 Å². The maximum atomic E-state index is 13.1. The van der Waals surface area contributed by atoms with Crippen LogP contribution in [0.25, 0.3) is 0 Å². The second kappa shape index (κ2) is 7.82. The van der Waals surface area contributed by atoms with E-state index >= 15 is 0 Å². The van der Waals surface area contributed by atoms with Crippen molar-refractivity contribution in [3.05, 3.63) is 35.4 Å². The number of nitrogens with zero attached hydrogens (tertiary/aromatic N) is 1. The van der Waals surface area contributed by atoms with Gasteiger partial charge in [0.1, 0.15) is 6.04 Å². The maximum Gasteiger partial charge on any atom is 0.242 e. The summed E-state index contributed by atoms with van der Waals surface area (Å²) in [6.07, 6.45) is 6.96. The van der Waals surface area contributed by atoms with Crippen LogP contribution in [0.1, 0.15) is 56.1 Å². The Morgan fingerprint density at radius 3 is 2.46 bits per heavy atom. The van der Waals surface area contributed by atoms with E-state index < -0.39 is 0 Å². The van der Waals surface area contributed by atoms with Crippen LogP contribution in [-0.2, 0) is 16.1 Å². The highest BCUT2D eigenvalue weighted by Gasteiger charge is 2.35. The van der Waals surface area contributed by atoms with Gasteiger partial charge in [-0.15, -0.1) is 0 Å². The third-order valence-corrected chi connectivity index (χ3v) is 5.34. The Kier molecular flexibility index (Phi) is 5.54. The lowest BCUT2D eigenvalue weighted by atomic mass is 10.0. The normalized spacial score (nSPS) is 22.0. The Labute approximate surface area is 144 Å². The van der Waals surface area contributed by atoms with Gasteiger partial charge in [-0.25, -0.2) is 0 Å². The molecule has 130 valence electrons. The van der Waals surface area contributed by atoms with Gasteiger partial charge in [0, 0.05) is 19.0 Å². The van der Waals surface area contributed by atoms with Crippen LogP contribution in [0.2, 0.25) is 0 Å². The van der Waals surface area contributed by atoms with E-state index in [1.54, 1.807) is 0 Å². The summed E-state index contributed by atoms with van der Waals surface area (Å²) in [7, 11) is 0. The van der Waals surface area contributed by atoms with Crippen LogP contribution in [0.3, 0.4) is 0 Å². The highest BCUT2D eigenvalue weighted by molar-refractivity contribution is 5.88. The molecule has 1 atom stereocenters. The molecule has 1 aromatic rings. The van der Waals surface area contributed by atoms with E-state index in [-0.39, 0.29) is 23.8 Å². The van der Waals surface area contributed by atoms with Crippen molar-refractivity contribution in [1.29, 1.82) is 0 Å². The maximum absolute atomic E-state index is 13.1. The number of hydrogen-bond donors (Lipinski definition) is 1. The van der Waals surface area contributed by atoms with E-state index in [1.807, 2.05) is 4.90 Å². The molecule has 1 saturated carbocycles. The fourth-order valence-electron chi connectivity index (χ4n) is 3.86. The fourth-order valence-corrected chi connectivity index (χ4v) is 3.86. The molecular weight excluding hydrogens is 300 g/mol. The Morgan fingerprint density at radius 2 is 1.75 bits per heavy atom. The molecule has 2 amide bonds. The minimum absolute atomic E-state index is 0.0194. The molecule has 1 aliphatic heterocycles. The van der Waals surface area contributed by atoms with Crippen LogP contribution in [0.5, 0.6) is 0 Å². The van der Waals surface area contributed by atoms with Crippen molar-refractivity contribution in [2.45, 2.75) is 64.5 Å². The second-order valence-corrected chi connectivity index (χ2v) is 7.24. The summed E-state index contributed by atoms with van der Waals surface area (Å²) in [5.74, 6) is 0.299. The third-order valence-electron chi connectivity index (χ3n) is 5.34. The first kappa shape index (κ1) is 17.0. The third kappa shape index (κ3) is 3.97. The number of nitrogens with one attached hydrogen (secondary N) is 1. The average molecular weight is 328 g/mol. The SMILES string of the molecule is Cc1ccc(CN(C(=O)C2CCCC2)C2CCCCNC2=O)cc1. The Hall–Kier alpha value is -1.84. The lowest BCUT2D eigenvalue weighted by molar-refractivity contribution is -0.144. The number of aryl methyl sites for hydroxylation is 1. The van der Waals surface area contributed by atoms with E-state index in [0.29, 0.717) is 6.54 Å². The highest BCUT2D eigenvalue weighted by atomic mass is 16.2. The zero-order valence-electron chi connectivity index (χ0n) is 14.6. The summed E-state index contributed by atoms with van der Waals surface area (Å²) in [4.78, 5) is 27.5. The van der Waals surface area contributed by atoms with Gasteiger partial charge >= 0.3 is 0 Å². The molecule has 0 bridgehead atoms. The molecule has 4 nitrogen and oxygen atoms in total. The Bertz CT molecular complexity index is 576. The quantitative estimate of drug-likeness (QED) is 0.923. The van der Waals surface area contributed by atoms with Crippen molar-refractivity contribution < 1.29 is 9.59 Å². The molecule has 1 aromatic carbocycles. The van der Waals surface area contributed by atoms with E-state index in [4.69, 9.17) is 0 Å². The van der Waals surface area contributed by atoms with E-state index in [0.717, 1.165) is 57.1 Å². The zero-order chi connectivity index (χ0) is 16.9. The van der Waals surface area contributed by atoms with Crippen molar-refractivity contribution in [2.24, 2.45) is 5.92 Å². The number of hydrogen-bond acceptors (Lipinski definition) is 2. The molecule has 3 rings (SSSR count). The van der Waals surface area contributed by atoms with Gasteiger partial charge < -0.3 is 10.2 Å². The number of carbonyl (C=O) groups is 2. The minimum atomic E-state index is -0.318. The summed E-state index contributed by atoms with van der Waals surface area (Å²) < 4.78 is 0. The molecule has 0 spiro atoms. The smallest absolute Gasteiger partial charge is 0.242 e. The lowest BCUT2D eigenvalue weighted by Gasteiger charge is -2.32. The highest BCUT2D eigenvalue weighted by Crippen LogP contribution is 2.29. The second-order valence-electron chi connectivity index (χ2n) is 7.24. The van der Waals surface area contributed by atoms with E-state index in [9.17, 15) is 9.59 Å². The van der Waals surface area contributed by atoms with Crippen molar-refractivity contribution in [1.82, 2.24) is 10.2 Å². The first-order valence-corrected chi connectivity index (χ1v) is 9.29. The predicted molar refractivity (Wildman–Crippen MR) is 94.3 cm³/mol. The largest absolute Gasteiger partial charge is 0.354 e. The molecular formula is C20H28N2O2. The van der Waals surface area contributed by atoms with Gasteiger partial charge in [0.05, 0.1) is 0 Å². The van der Waals surface area contributed by atoms with Crippen LogP contribution in [-0.4, -0.2) is 29.3 Å². The van der Waals surface area contributed by atoms with Crippen molar-refractivity contribution in [3.63, 3.8) is 0 Å². The molecule has 24 heavy (non-hydrogen) atoms. The number of benzene rings is 1. The summed E-state index contributed by atoms with van der Waals surface area (Å²) in [6, 6.07) is 7.96. The van der Waals surface area contributed by atoms with Crippen molar-refractivity contribution >= 4 is 11.8 Å². The van der Waals surface area contributed by atoms with Gasteiger partial charge in [-0.1, -0.05) is 42.7 Å². The van der Waals surface area contributed by atoms with Crippen LogP contribution in [0, 0.1) is 12.8 Å². The van der Waals surface area contributed by atoms with Crippen LogP contribution < -0.4 is 5.32 Å². The van der Waals surface area contributed by atoms with Crippen molar-refractivity contribution in [2.75, 3.05) is 6.54 Å². The van der Waals surface area contributed by atoms with Crippen LogP contribution >= 0.6 is 0 Å². The van der Waals surface area contributed by atoms with Gasteiger partial charge in [-0.2, -0.15) is 0 Å². The molecule has 1 unspecified atom stereocenters. The number of amides is 2. The van der Waals surface area contributed by atoms with E-state index in [1.165, 1.54) is 5.56 Å². The van der Waals surface area contributed by atoms with Gasteiger partial charge in [0.15, 0.2) is 0 Å². The average Bonchev–Trinajstić information content (AvgIpc) is 3.04. The number of carbonyl (C=O) groups excluding carboxylic acids is 2. The number of rotatable bonds is 4. The lowest BCUT2D eigenvalue weighted by Crippen LogP contribution is -2.49. The topological polar surface area (TPSA) is 49.4 Å². The molecule has 1 N–H and O–H groups in total. The summed E-state index contributed by atoms with van der Waals surface area (Å²) >= 11 is 0.